The fourth-order valence-electron chi connectivity index (χ4n) is 3.19. The highest BCUT2D eigenvalue weighted by atomic mass is 15.2. The van der Waals surface area contributed by atoms with E-state index in [1.54, 1.807) is 6.33 Å². The third-order valence-corrected chi connectivity index (χ3v) is 3.84. The van der Waals surface area contributed by atoms with Gasteiger partial charge in [-0.15, -0.1) is 0 Å². The number of nitrogens with zero attached hydrogens (tertiary/aromatic N) is 3. The summed E-state index contributed by atoms with van der Waals surface area (Å²) in [6.45, 7) is 4.29. The standard InChI is InChI=1S/C13H20N4/c1-9-5-10(14)7-17(6-9)13-11-3-2-4-12(11)15-8-16-13/h8-10H,2-7,14H2,1H3. The average molecular weight is 232 g/mol. The molecule has 2 aliphatic rings. The van der Waals surface area contributed by atoms with Crippen molar-refractivity contribution in [1.29, 1.82) is 0 Å². The molecule has 4 nitrogen and oxygen atoms in total. The second-order valence-corrected chi connectivity index (χ2v) is 5.48. The Balaban J connectivity index is 1.91. The Morgan fingerprint density at radius 2 is 2.18 bits per heavy atom. The van der Waals surface area contributed by atoms with Crippen molar-refractivity contribution >= 4 is 5.82 Å². The molecule has 2 unspecified atom stereocenters. The molecule has 92 valence electrons. The lowest BCUT2D eigenvalue weighted by Crippen LogP contribution is -2.47. The van der Waals surface area contributed by atoms with E-state index in [0.29, 0.717) is 5.92 Å². The van der Waals surface area contributed by atoms with E-state index >= 15 is 0 Å². The molecule has 2 heterocycles. The summed E-state index contributed by atoms with van der Waals surface area (Å²) in [5, 5.41) is 0. The lowest BCUT2D eigenvalue weighted by Gasteiger charge is -2.36. The van der Waals surface area contributed by atoms with Crippen LogP contribution in [0.2, 0.25) is 0 Å². The summed E-state index contributed by atoms with van der Waals surface area (Å²) in [4.78, 5) is 11.3. The Bertz CT molecular complexity index is 408. The molecule has 3 rings (SSSR count). The molecule has 0 radical (unpaired) electrons. The van der Waals surface area contributed by atoms with Gasteiger partial charge < -0.3 is 10.6 Å². The molecular formula is C13H20N4. The second kappa shape index (κ2) is 4.26. The smallest absolute Gasteiger partial charge is 0.135 e. The van der Waals surface area contributed by atoms with E-state index in [-0.39, 0.29) is 6.04 Å². The summed E-state index contributed by atoms with van der Waals surface area (Å²) in [7, 11) is 0. The number of nitrogens with two attached hydrogens (primary N) is 1. The van der Waals surface area contributed by atoms with Gasteiger partial charge in [0.2, 0.25) is 0 Å². The van der Waals surface area contributed by atoms with Gasteiger partial charge in [-0.2, -0.15) is 0 Å². The van der Waals surface area contributed by atoms with Crippen molar-refractivity contribution in [2.45, 2.75) is 38.6 Å². The third-order valence-electron chi connectivity index (χ3n) is 3.84. The van der Waals surface area contributed by atoms with Gasteiger partial charge >= 0.3 is 0 Å². The lowest BCUT2D eigenvalue weighted by molar-refractivity contribution is 0.399. The maximum Gasteiger partial charge on any atom is 0.135 e. The van der Waals surface area contributed by atoms with Gasteiger partial charge in [0.25, 0.3) is 0 Å². The van der Waals surface area contributed by atoms with E-state index in [2.05, 4.69) is 21.8 Å². The van der Waals surface area contributed by atoms with Gasteiger partial charge in [-0.3, -0.25) is 0 Å². The number of anilines is 1. The maximum atomic E-state index is 6.11. The molecule has 2 N–H and O–H groups in total. The van der Waals surface area contributed by atoms with E-state index in [0.717, 1.165) is 38.2 Å². The molecule has 0 spiro atoms. The number of aromatic nitrogens is 2. The zero-order valence-electron chi connectivity index (χ0n) is 10.4. The second-order valence-electron chi connectivity index (χ2n) is 5.48. The Kier molecular flexibility index (Phi) is 2.74. The monoisotopic (exact) mass is 232 g/mol. The van der Waals surface area contributed by atoms with Gasteiger partial charge in [0.05, 0.1) is 0 Å². The Morgan fingerprint density at radius 1 is 1.29 bits per heavy atom. The van der Waals surface area contributed by atoms with Gasteiger partial charge in [-0.05, 0) is 31.6 Å². The summed E-state index contributed by atoms with van der Waals surface area (Å²) < 4.78 is 0. The van der Waals surface area contributed by atoms with Crippen LogP contribution >= 0.6 is 0 Å². The van der Waals surface area contributed by atoms with Gasteiger partial charge in [0, 0.05) is 30.4 Å². The minimum absolute atomic E-state index is 0.283. The molecule has 0 bridgehead atoms. The topological polar surface area (TPSA) is 55.0 Å². The van der Waals surface area contributed by atoms with Crippen molar-refractivity contribution in [2.75, 3.05) is 18.0 Å². The first-order valence-electron chi connectivity index (χ1n) is 6.57. The first-order valence-corrected chi connectivity index (χ1v) is 6.57. The SMILES string of the molecule is CC1CC(N)CN(c2ncnc3c2CCC3)C1. The van der Waals surface area contributed by atoms with Crippen molar-refractivity contribution in [3.05, 3.63) is 17.6 Å². The molecule has 1 fully saturated rings. The first-order chi connectivity index (χ1) is 8.24. The summed E-state index contributed by atoms with van der Waals surface area (Å²) in [6.07, 6.45) is 6.30. The summed E-state index contributed by atoms with van der Waals surface area (Å²) >= 11 is 0. The molecule has 1 aliphatic heterocycles. The summed E-state index contributed by atoms with van der Waals surface area (Å²) in [5.74, 6) is 1.81. The maximum absolute atomic E-state index is 6.11. The predicted octanol–water partition coefficient (Wildman–Crippen LogP) is 1.14. The van der Waals surface area contributed by atoms with Crippen molar-refractivity contribution in [3.63, 3.8) is 0 Å². The number of rotatable bonds is 1. The largest absolute Gasteiger partial charge is 0.354 e. The van der Waals surface area contributed by atoms with Crippen molar-refractivity contribution in [2.24, 2.45) is 11.7 Å². The van der Waals surface area contributed by atoms with Crippen molar-refractivity contribution < 1.29 is 0 Å². The number of hydrogen-bond acceptors (Lipinski definition) is 4. The highest BCUT2D eigenvalue weighted by Crippen LogP contribution is 2.30. The number of fused-ring (bicyclic) bond motifs is 1. The van der Waals surface area contributed by atoms with Crippen LogP contribution in [0.15, 0.2) is 6.33 Å². The number of piperidine rings is 1. The molecule has 17 heavy (non-hydrogen) atoms. The van der Waals surface area contributed by atoms with E-state index in [4.69, 9.17) is 5.73 Å². The molecule has 0 amide bonds. The fraction of sp³-hybridized carbons (Fsp3) is 0.692. The summed E-state index contributed by atoms with van der Waals surface area (Å²) in [6, 6.07) is 0.283. The Morgan fingerprint density at radius 3 is 3.00 bits per heavy atom. The normalized spacial score (nSPS) is 28.2. The van der Waals surface area contributed by atoms with E-state index in [1.165, 1.54) is 17.7 Å². The van der Waals surface area contributed by atoms with Crippen LogP contribution < -0.4 is 10.6 Å². The zero-order chi connectivity index (χ0) is 11.8. The van der Waals surface area contributed by atoms with Crippen LogP contribution in [0.4, 0.5) is 5.82 Å². The van der Waals surface area contributed by atoms with Crippen molar-refractivity contribution in [3.8, 4) is 0 Å². The molecule has 2 atom stereocenters. The molecule has 1 aromatic heterocycles. The first kappa shape index (κ1) is 11.0. The quantitative estimate of drug-likeness (QED) is 0.789. The van der Waals surface area contributed by atoms with E-state index < -0.39 is 0 Å². The van der Waals surface area contributed by atoms with Crippen LogP contribution in [0.25, 0.3) is 0 Å². The molecular weight excluding hydrogens is 212 g/mol. The van der Waals surface area contributed by atoms with Crippen LogP contribution in [-0.4, -0.2) is 29.1 Å². The predicted molar refractivity (Wildman–Crippen MR) is 68.0 cm³/mol. The zero-order valence-corrected chi connectivity index (χ0v) is 10.4. The van der Waals surface area contributed by atoms with E-state index in [1.807, 2.05) is 0 Å². The molecule has 1 saturated heterocycles. The van der Waals surface area contributed by atoms with Crippen LogP contribution in [0, 0.1) is 5.92 Å². The molecule has 1 aliphatic carbocycles. The number of hydrogen-bond donors (Lipinski definition) is 1. The highest BCUT2D eigenvalue weighted by Gasteiger charge is 2.27. The van der Waals surface area contributed by atoms with Gasteiger partial charge in [-0.1, -0.05) is 6.92 Å². The van der Waals surface area contributed by atoms with Gasteiger partial charge in [-0.25, -0.2) is 9.97 Å². The summed E-state index contributed by atoms with van der Waals surface area (Å²) in [5.41, 5.74) is 8.73. The third kappa shape index (κ3) is 2.02. The van der Waals surface area contributed by atoms with Gasteiger partial charge in [0.1, 0.15) is 12.1 Å². The Labute approximate surface area is 102 Å². The van der Waals surface area contributed by atoms with Crippen molar-refractivity contribution in [1.82, 2.24) is 9.97 Å². The lowest BCUT2D eigenvalue weighted by atomic mass is 9.96. The van der Waals surface area contributed by atoms with Crippen LogP contribution in [-0.2, 0) is 12.8 Å². The fourth-order valence-corrected chi connectivity index (χ4v) is 3.19. The number of aryl methyl sites for hydroxylation is 1. The molecule has 1 aromatic rings. The molecule has 4 heteroatoms. The van der Waals surface area contributed by atoms with Gasteiger partial charge in [0.15, 0.2) is 0 Å². The van der Waals surface area contributed by atoms with Crippen LogP contribution in [0.5, 0.6) is 0 Å². The average Bonchev–Trinajstić information content (AvgIpc) is 2.75. The minimum Gasteiger partial charge on any atom is -0.354 e. The molecule has 0 saturated carbocycles. The van der Waals surface area contributed by atoms with Crippen LogP contribution in [0.1, 0.15) is 31.0 Å². The van der Waals surface area contributed by atoms with Crippen LogP contribution in [0.3, 0.4) is 0 Å². The highest BCUT2D eigenvalue weighted by molar-refractivity contribution is 5.51. The molecule has 0 aromatic carbocycles. The minimum atomic E-state index is 0.283. The van der Waals surface area contributed by atoms with E-state index in [9.17, 15) is 0 Å². The Hall–Kier alpha value is -1.16.